The van der Waals surface area contributed by atoms with Gasteiger partial charge in [-0.3, -0.25) is 10.1 Å². The number of aliphatic hydroxyl groups excluding tert-OH is 1. The van der Waals surface area contributed by atoms with E-state index < -0.39 is 6.10 Å². The van der Waals surface area contributed by atoms with Gasteiger partial charge in [0.05, 0.1) is 24.2 Å². The molecule has 1 saturated heterocycles. The van der Waals surface area contributed by atoms with E-state index >= 15 is 0 Å². The summed E-state index contributed by atoms with van der Waals surface area (Å²) in [6.07, 6.45) is -0.685. The Balaban J connectivity index is 2.07. The Morgan fingerprint density at radius 3 is 2.71 bits per heavy atom. The predicted molar refractivity (Wildman–Crippen MR) is 81.0 cm³/mol. The molecule has 3 rings (SSSR count). The number of thioether (sulfide) groups is 1. The highest BCUT2D eigenvalue weighted by Gasteiger charge is 2.41. The summed E-state index contributed by atoms with van der Waals surface area (Å²) in [6, 6.07) is 3.38. The Kier molecular flexibility index (Phi) is 3.59. The molecular weight excluding hydrogens is 292 g/mol. The third kappa shape index (κ3) is 2.49. The average Bonchev–Trinajstić information content (AvgIpc) is 2.68. The number of hydrogen-bond donors (Lipinski definition) is 1. The zero-order chi connectivity index (χ0) is 15.2. The molecule has 1 fully saturated rings. The minimum absolute atomic E-state index is 0.0630. The largest absolute Gasteiger partial charge is 0.387 e. The summed E-state index contributed by atoms with van der Waals surface area (Å²) in [5, 5.41) is 21.7. The molecule has 0 aliphatic carbocycles. The third-order valence-electron chi connectivity index (χ3n) is 3.98. The van der Waals surface area contributed by atoms with Gasteiger partial charge in [-0.1, -0.05) is 0 Å². The molecule has 0 saturated carbocycles. The maximum atomic E-state index is 11.4. The standard InChI is InChI=1S/C14H18N2O4S/c1-14(2)13(17)9-7-11(16(18)19)10(8-12(9)21-14)15-3-5-20-6-4-15/h7-8,13,17H,3-6H2,1-2H3. The number of morpholine rings is 1. The van der Waals surface area contributed by atoms with Gasteiger partial charge < -0.3 is 14.7 Å². The molecule has 1 aromatic rings. The molecule has 1 unspecified atom stereocenters. The topological polar surface area (TPSA) is 75.8 Å². The van der Waals surface area contributed by atoms with Gasteiger partial charge in [-0.2, -0.15) is 0 Å². The van der Waals surface area contributed by atoms with Crippen LogP contribution in [0.1, 0.15) is 25.5 Å². The van der Waals surface area contributed by atoms with Crippen molar-refractivity contribution in [1.82, 2.24) is 0 Å². The Morgan fingerprint density at radius 1 is 1.43 bits per heavy atom. The quantitative estimate of drug-likeness (QED) is 0.667. The van der Waals surface area contributed by atoms with Crippen molar-refractivity contribution < 1.29 is 14.8 Å². The molecule has 1 N–H and O–H groups in total. The second kappa shape index (κ2) is 5.15. The number of ether oxygens (including phenoxy) is 1. The molecular formula is C14H18N2O4S. The van der Waals surface area contributed by atoms with Gasteiger partial charge >= 0.3 is 0 Å². The first-order valence-electron chi connectivity index (χ1n) is 6.92. The van der Waals surface area contributed by atoms with Crippen molar-refractivity contribution in [2.75, 3.05) is 31.2 Å². The van der Waals surface area contributed by atoms with Crippen LogP contribution in [0.2, 0.25) is 0 Å². The Bertz CT molecular complexity index is 585. The lowest BCUT2D eigenvalue weighted by Crippen LogP contribution is -2.36. The summed E-state index contributed by atoms with van der Waals surface area (Å²) in [5.74, 6) is 0. The number of fused-ring (bicyclic) bond motifs is 1. The molecule has 0 amide bonds. The fourth-order valence-electron chi connectivity index (χ4n) is 2.79. The first-order valence-corrected chi connectivity index (χ1v) is 7.74. The van der Waals surface area contributed by atoms with Crippen LogP contribution in [-0.4, -0.2) is 41.1 Å². The molecule has 1 aromatic carbocycles. The number of benzene rings is 1. The zero-order valence-electron chi connectivity index (χ0n) is 12.0. The van der Waals surface area contributed by atoms with E-state index in [9.17, 15) is 15.2 Å². The highest BCUT2D eigenvalue weighted by atomic mass is 32.2. The number of anilines is 1. The van der Waals surface area contributed by atoms with Crippen molar-refractivity contribution in [2.45, 2.75) is 29.6 Å². The van der Waals surface area contributed by atoms with Crippen molar-refractivity contribution in [2.24, 2.45) is 0 Å². The lowest BCUT2D eigenvalue weighted by Gasteiger charge is -2.28. The third-order valence-corrected chi connectivity index (χ3v) is 5.30. The number of rotatable bonds is 2. The Labute approximate surface area is 127 Å². The number of nitro groups is 1. The van der Waals surface area contributed by atoms with Gasteiger partial charge in [0.2, 0.25) is 0 Å². The molecule has 2 aliphatic heterocycles. The van der Waals surface area contributed by atoms with Crippen molar-refractivity contribution in [3.05, 3.63) is 27.8 Å². The monoisotopic (exact) mass is 310 g/mol. The highest BCUT2D eigenvalue weighted by Crippen LogP contribution is 2.54. The van der Waals surface area contributed by atoms with Gasteiger partial charge in [0.15, 0.2) is 0 Å². The summed E-state index contributed by atoms with van der Waals surface area (Å²) in [7, 11) is 0. The molecule has 21 heavy (non-hydrogen) atoms. The fraction of sp³-hybridized carbons (Fsp3) is 0.571. The lowest BCUT2D eigenvalue weighted by molar-refractivity contribution is -0.384. The lowest BCUT2D eigenvalue weighted by atomic mass is 9.98. The summed E-state index contributed by atoms with van der Waals surface area (Å²) < 4.78 is 4.95. The normalized spacial score (nSPS) is 24.0. The molecule has 7 heteroatoms. The summed E-state index contributed by atoms with van der Waals surface area (Å²) in [4.78, 5) is 13.9. The fourth-order valence-corrected chi connectivity index (χ4v) is 4.06. The van der Waals surface area contributed by atoms with E-state index in [1.165, 1.54) is 6.07 Å². The molecule has 6 nitrogen and oxygen atoms in total. The summed E-state index contributed by atoms with van der Waals surface area (Å²) in [6.45, 7) is 6.35. The number of nitrogens with zero attached hydrogens (tertiary/aromatic N) is 2. The number of nitro benzene ring substituents is 1. The molecule has 1 atom stereocenters. The number of hydrogen-bond acceptors (Lipinski definition) is 6. The van der Waals surface area contributed by atoms with E-state index in [1.807, 2.05) is 24.8 Å². The van der Waals surface area contributed by atoms with Crippen LogP contribution < -0.4 is 4.90 Å². The van der Waals surface area contributed by atoms with Crippen LogP contribution in [0.25, 0.3) is 0 Å². The zero-order valence-corrected chi connectivity index (χ0v) is 12.9. The smallest absolute Gasteiger partial charge is 0.292 e. The van der Waals surface area contributed by atoms with Gasteiger partial charge in [0.25, 0.3) is 5.69 Å². The molecule has 0 radical (unpaired) electrons. The highest BCUT2D eigenvalue weighted by molar-refractivity contribution is 8.01. The van der Waals surface area contributed by atoms with Crippen molar-refractivity contribution in [3.63, 3.8) is 0 Å². The molecule has 2 heterocycles. The van der Waals surface area contributed by atoms with Crippen molar-refractivity contribution in [3.8, 4) is 0 Å². The average molecular weight is 310 g/mol. The molecule has 0 spiro atoms. The van der Waals surface area contributed by atoms with Crippen LogP contribution in [0.5, 0.6) is 0 Å². The molecule has 0 aromatic heterocycles. The molecule has 0 bridgehead atoms. The summed E-state index contributed by atoms with van der Waals surface area (Å²) in [5.41, 5.74) is 1.35. The first-order chi connectivity index (χ1) is 9.90. The van der Waals surface area contributed by atoms with Gasteiger partial charge in [-0.15, -0.1) is 11.8 Å². The minimum Gasteiger partial charge on any atom is -0.387 e. The van der Waals surface area contributed by atoms with Gasteiger partial charge in [-0.05, 0) is 19.9 Å². The van der Waals surface area contributed by atoms with Gasteiger partial charge in [0, 0.05) is 34.4 Å². The summed E-state index contributed by atoms with van der Waals surface area (Å²) >= 11 is 1.57. The molecule has 2 aliphatic rings. The first kappa shape index (κ1) is 14.6. The number of aliphatic hydroxyl groups is 1. The van der Waals surface area contributed by atoms with E-state index in [2.05, 4.69) is 0 Å². The van der Waals surface area contributed by atoms with Crippen LogP contribution in [0.4, 0.5) is 11.4 Å². The van der Waals surface area contributed by atoms with Crippen LogP contribution in [-0.2, 0) is 4.74 Å². The van der Waals surface area contributed by atoms with Gasteiger partial charge in [0.1, 0.15) is 5.69 Å². The van der Waals surface area contributed by atoms with E-state index in [0.717, 1.165) is 4.90 Å². The van der Waals surface area contributed by atoms with Crippen LogP contribution in [0.3, 0.4) is 0 Å². The maximum absolute atomic E-state index is 11.4. The second-order valence-corrected chi connectivity index (χ2v) is 7.54. The van der Waals surface area contributed by atoms with Crippen molar-refractivity contribution in [1.29, 1.82) is 0 Å². The van der Waals surface area contributed by atoms with E-state index in [-0.39, 0.29) is 15.4 Å². The SMILES string of the molecule is CC1(C)Sc2cc(N3CCOCC3)c([N+](=O)[O-])cc2C1O. The Hall–Kier alpha value is -1.31. The second-order valence-electron chi connectivity index (χ2n) is 5.84. The van der Waals surface area contributed by atoms with Gasteiger partial charge in [-0.25, -0.2) is 0 Å². The predicted octanol–water partition coefficient (Wildman–Crippen LogP) is 2.35. The maximum Gasteiger partial charge on any atom is 0.292 e. The van der Waals surface area contributed by atoms with Crippen LogP contribution >= 0.6 is 11.8 Å². The Morgan fingerprint density at radius 2 is 2.10 bits per heavy atom. The minimum atomic E-state index is -0.685. The van der Waals surface area contributed by atoms with Crippen LogP contribution in [0.15, 0.2) is 17.0 Å². The van der Waals surface area contributed by atoms with Crippen LogP contribution in [0, 0.1) is 10.1 Å². The van der Waals surface area contributed by atoms with E-state index in [1.54, 1.807) is 11.8 Å². The van der Waals surface area contributed by atoms with E-state index in [0.29, 0.717) is 37.6 Å². The van der Waals surface area contributed by atoms with E-state index in [4.69, 9.17) is 4.74 Å². The van der Waals surface area contributed by atoms with Crippen molar-refractivity contribution >= 4 is 23.1 Å². The molecule has 114 valence electrons.